The summed E-state index contributed by atoms with van der Waals surface area (Å²) in [6.07, 6.45) is 8.22. The molecule has 0 radical (unpaired) electrons. The number of primary amides is 1. The molecule has 0 aromatic rings. The van der Waals surface area contributed by atoms with Gasteiger partial charge < -0.3 is 5.73 Å². The van der Waals surface area contributed by atoms with Crippen molar-refractivity contribution in [2.75, 3.05) is 5.75 Å². The van der Waals surface area contributed by atoms with Crippen molar-refractivity contribution < 1.29 is 4.79 Å². The van der Waals surface area contributed by atoms with E-state index in [1.165, 1.54) is 38.5 Å². The van der Waals surface area contributed by atoms with Gasteiger partial charge >= 0.3 is 0 Å². The summed E-state index contributed by atoms with van der Waals surface area (Å²) in [6, 6.07) is 0. The molecule has 1 fully saturated rings. The van der Waals surface area contributed by atoms with Crippen LogP contribution in [0.25, 0.3) is 0 Å². The quantitative estimate of drug-likeness (QED) is 0.732. The van der Waals surface area contributed by atoms with Gasteiger partial charge in [0.05, 0.1) is 5.25 Å². The van der Waals surface area contributed by atoms with Crippen LogP contribution in [0.5, 0.6) is 0 Å². The lowest BCUT2D eigenvalue weighted by molar-refractivity contribution is -0.117. The molecule has 1 atom stereocenters. The van der Waals surface area contributed by atoms with E-state index in [9.17, 15) is 4.79 Å². The number of carbonyl (C=O) groups excluding carboxylic acids is 1. The Morgan fingerprint density at radius 2 is 1.93 bits per heavy atom. The highest BCUT2D eigenvalue weighted by Crippen LogP contribution is 2.27. The van der Waals surface area contributed by atoms with E-state index in [4.69, 9.17) is 5.73 Å². The Morgan fingerprint density at radius 1 is 1.36 bits per heavy atom. The van der Waals surface area contributed by atoms with Crippen LogP contribution in [-0.2, 0) is 4.79 Å². The summed E-state index contributed by atoms with van der Waals surface area (Å²) in [5, 5.41) is -0.0155. The van der Waals surface area contributed by atoms with Gasteiger partial charge in [-0.3, -0.25) is 4.79 Å². The Labute approximate surface area is 91.0 Å². The van der Waals surface area contributed by atoms with Crippen molar-refractivity contribution >= 4 is 17.7 Å². The van der Waals surface area contributed by atoms with Crippen molar-refractivity contribution in [3.8, 4) is 0 Å². The lowest BCUT2D eigenvalue weighted by atomic mass is 10.0. The Hall–Kier alpha value is -0.180. The third-order valence-corrected chi connectivity index (χ3v) is 4.35. The van der Waals surface area contributed by atoms with Crippen LogP contribution in [-0.4, -0.2) is 16.9 Å². The Kier molecular flexibility index (Phi) is 5.38. The number of hydrogen-bond acceptors (Lipinski definition) is 2. The largest absolute Gasteiger partial charge is 0.369 e. The fourth-order valence-corrected chi connectivity index (χ4v) is 2.95. The van der Waals surface area contributed by atoms with Crippen LogP contribution in [0.3, 0.4) is 0 Å². The number of hydrogen-bond donors (Lipinski definition) is 1. The maximum absolute atomic E-state index is 10.8. The molecule has 1 saturated carbocycles. The second-order valence-electron chi connectivity index (χ2n) is 4.24. The fraction of sp³-hybridized carbons (Fsp3) is 0.909. The molecule has 0 aromatic carbocycles. The highest BCUT2D eigenvalue weighted by Gasteiger charge is 2.15. The smallest absolute Gasteiger partial charge is 0.230 e. The third kappa shape index (κ3) is 4.36. The lowest BCUT2D eigenvalue weighted by Gasteiger charge is -2.15. The van der Waals surface area contributed by atoms with Crippen molar-refractivity contribution in [1.82, 2.24) is 0 Å². The first-order valence-electron chi connectivity index (χ1n) is 5.61. The van der Waals surface area contributed by atoms with Crippen molar-refractivity contribution in [3.63, 3.8) is 0 Å². The lowest BCUT2D eigenvalue weighted by Crippen LogP contribution is -2.23. The molecule has 1 aliphatic carbocycles. The van der Waals surface area contributed by atoms with E-state index in [0.29, 0.717) is 0 Å². The summed E-state index contributed by atoms with van der Waals surface area (Å²) in [5.41, 5.74) is 5.22. The molecule has 0 aromatic heterocycles. The van der Waals surface area contributed by atoms with Gasteiger partial charge in [-0.25, -0.2) is 0 Å². The van der Waals surface area contributed by atoms with Crippen LogP contribution < -0.4 is 5.73 Å². The van der Waals surface area contributed by atoms with E-state index in [2.05, 4.69) is 0 Å². The second-order valence-corrected chi connectivity index (χ2v) is 5.61. The normalized spacial score (nSPS) is 21.5. The number of thioether (sulfide) groups is 1. The van der Waals surface area contributed by atoms with E-state index in [1.807, 2.05) is 6.92 Å². The molecule has 2 nitrogen and oxygen atoms in total. The number of nitrogens with two attached hydrogens (primary N) is 1. The Balaban J connectivity index is 2.18. The van der Waals surface area contributed by atoms with Gasteiger partial charge in [-0.15, -0.1) is 11.8 Å². The number of carbonyl (C=O) groups is 1. The first-order valence-corrected chi connectivity index (χ1v) is 6.66. The van der Waals surface area contributed by atoms with Gasteiger partial charge in [0.25, 0.3) is 0 Å². The van der Waals surface area contributed by atoms with Gasteiger partial charge in [0.1, 0.15) is 0 Å². The second kappa shape index (κ2) is 6.33. The zero-order valence-corrected chi connectivity index (χ0v) is 9.81. The number of amides is 1. The van der Waals surface area contributed by atoms with Gasteiger partial charge in [-0.2, -0.15) is 0 Å². The SMILES string of the molecule is C[C@@H](SCC1CCCCCC1)C(N)=O. The molecule has 0 spiro atoms. The number of rotatable bonds is 4. The summed E-state index contributed by atoms with van der Waals surface area (Å²) in [4.78, 5) is 10.8. The maximum Gasteiger partial charge on any atom is 0.230 e. The monoisotopic (exact) mass is 215 g/mol. The highest BCUT2D eigenvalue weighted by atomic mass is 32.2. The molecule has 82 valence electrons. The average Bonchev–Trinajstić information content (AvgIpc) is 2.42. The van der Waals surface area contributed by atoms with Gasteiger partial charge in [-0.05, 0) is 31.4 Å². The minimum Gasteiger partial charge on any atom is -0.369 e. The maximum atomic E-state index is 10.8. The van der Waals surface area contributed by atoms with E-state index < -0.39 is 0 Å². The van der Waals surface area contributed by atoms with Crippen LogP contribution in [0.1, 0.15) is 45.4 Å². The third-order valence-electron chi connectivity index (χ3n) is 2.96. The zero-order chi connectivity index (χ0) is 10.4. The van der Waals surface area contributed by atoms with Crippen LogP contribution in [0.2, 0.25) is 0 Å². The van der Waals surface area contributed by atoms with Crippen LogP contribution in [0.4, 0.5) is 0 Å². The molecule has 0 aliphatic heterocycles. The average molecular weight is 215 g/mol. The van der Waals surface area contributed by atoms with Crippen molar-refractivity contribution in [2.24, 2.45) is 11.7 Å². The Bertz CT molecular complexity index is 176. The fourth-order valence-electron chi connectivity index (χ4n) is 1.89. The molecule has 0 bridgehead atoms. The molecule has 14 heavy (non-hydrogen) atoms. The van der Waals surface area contributed by atoms with Crippen LogP contribution >= 0.6 is 11.8 Å². The highest BCUT2D eigenvalue weighted by molar-refractivity contribution is 8.00. The van der Waals surface area contributed by atoms with Crippen molar-refractivity contribution in [2.45, 2.75) is 50.7 Å². The van der Waals surface area contributed by atoms with E-state index in [0.717, 1.165) is 11.7 Å². The standard InChI is InChI=1S/C11H21NOS/c1-9(11(12)13)14-8-10-6-4-2-3-5-7-10/h9-10H,2-8H2,1H3,(H2,12,13)/t9-/m1/s1. The minimum absolute atomic E-state index is 0.0155. The minimum atomic E-state index is -0.177. The molecule has 0 unspecified atom stereocenters. The molecular weight excluding hydrogens is 194 g/mol. The first-order chi connectivity index (χ1) is 6.70. The first kappa shape index (κ1) is 11.9. The summed E-state index contributed by atoms with van der Waals surface area (Å²) in [5.74, 6) is 1.76. The summed E-state index contributed by atoms with van der Waals surface area (Å²) in [6.45, 7) is 1.91. The molecule has 0 saturated heterocycles. The molecule has 0 heterocycles. The molecule has 1 aliphatic rings. The molecule has 2 N–H and O–H groups in total. The zero-order valence-electron chi connectivity index (χ0n) is 9.00. The van der Waals surface area contributed by atoms with Crippen molar-refractivity contribution in [3.05, 3.63) is 0 Å². The molecule has 1 rings (SSSR count). The predicted molar refractivity (Wildman–Crippen MR) is 62.3 cm³/mol. The van der Waals surface area contributed by atoms with Gasteiger partial charge in [0.15, 0.2) is 0 Å². The Morgan fingerprint density at radius 3 is 2.43 bits per heavy atom. The van der Waals surface area contributed by atoms with Crippen molar-refractivity contribution in [1.29, 1.82) is 0 Å². The van der Waals surface area contributed by atoms with Crippen LogP contribution in [0, 0.1) is 5.92 Å². The molecular formula is C11H21NOS. The van der Waals surface area contributed by atoms with E-state index in [-0.39, 0.29) is 11.2 Å². The van der Waals surface area contributed by atoms with Crippen LogP contribution in [0.15, 0.2) is 0 Å². The molecule has 1 amide bonds. The molecule has 3 heteroatoms. The summed E-state index contributed by atoms with van der Waals surface area (Å²) >= 11 is 1.73. The van der Waals surface area contributed by atoms with Gasteiger partial charge in [0.2, 0.25) is 5.91 Å². The van der Waals surface area contributed by atoms with E-state index in [1.54, 1.807) is 11.8 Å². The van der Waals surface area contributed by atoms with E-state index >= 15 is 0 Å². The topological polar surface area (TPSA) is 43.1 Å². The summed E-state index contributed by atoms with van der Waals surface area (Å²) in [7, 11) is 0. The van der Waals surface area contributed by atoms with Gasteiger partial charge in [-0.1, -0.05) is 25.7 Å². The van der Waals surface area contributed by atoms with Gasteiger partial charge in [0, 0.05) is 0 Å². The summed E-state index contributed by atoms with van der Waals surface area (Å²) < 4.78 is 0. The predicted octanol–water partition coefficient (Wildman–Crippen LogP) is 2.56.